The first-order valence-electron chi connectivity index (χ1n) is 2.81. The fourth-order valence-corrected chi connectivity index (χ4v) is 0.896. The summed E-state index contributed by atoms with van der Waals surface area (Å²) in [7, 11) is -2.80. The van der Waals surface area contributed by atoms with Gasteiger partial charge in [0, 0.05) is 19.9 Å². The molecule has 1 atom stereocenters. The molecule has 0 saturated heterocycles. The second kappa shape index (κ2) is 7.76. The summed E-state index contributed by atoms with van der Waals surface area (Å²) >= 11 is 0. The number of nitrogens with two attached hydrogens (primary N) is 1. The molecule has 1 unspecified atom stereocenters. The zero-order chi connectivity index (χ0) is 8.85. The summed E-state index contributed by atoms with van der Waals surface area (Å²) < 4.78 is 10.1. The summed E-state index contributed by atoms with van der Waals surface area (Å²) in [4.78, 5) is 20.1. The first-order chi connectivity index (χ1) is 5.02. The molecule has 3 N–H and O–H groups in total. The largest absolute Gasteiger partial charge is 1.00 e. The van der Waals surface area contributed by atoms with Crippen molar-refractivity contribution in [2.45, 2.75) is 6.92 Å². The molecule has 0 bridgehead atoms. The van der Waals surface area contributed by atoms with E-state index in [2.05, 4.69) is 10.8 Å². The maximum atomic E-state index is 10.1. The summed E-state index contributed by atoms with van der Waals surface area (Å²) in [6, 6.07) is -0.810. The Morgan fingerprint density at radius 2 is 2.25 bits per heavy atom. The summed E-state index contributed by atoms with van der Waals surface area (Å²) in [5.41, 5.74) is 6.89. The van der Waals surface area contributed by atoms with E-state index in [1.807, 2.05) is 5.43 Å². The number of rotatable bonds is 3. The van der Waals surface area contributed by atoms with Gasteiger partial charge in [0.15, 0.2) is 0 Å². The quantitative estimate of drug-likeness (QED) is 0.209. The second-order valence-corrected chi connectivity index (χ2v) is 2.97. The molecular weight excluding hydrogens is 192 g/mol. The average molecular weight is 201 g/mol. The zero-order valence-electron chi connectivity index (χ0n) is 6.96. The molecule has 0 heterocycles. The van der Waals surface area contributed by atoms with Gasteiger partial charge in [-0.05, 0) is 6.92 Å². The van der Waals surface area contributed by atoms with Gasteiger partial charge in [-0.15, -0.1) is 0 Å². The van der Waals surface area contributed by atoms with Crippen LogP contribution >= 0.6 is 8.03 Å². The van der Waals surface area contributed by atoms with Crippen LogP contribution in [0.15, 0.2) is 5.10 Å². The zero-order valence-corrected chi connectivity index (χ0v) is 9.96. The van der Waals surface area contributed by atoms with Crippen LogP contribution in [0.3, 0.4) is 0 Å². The number of carbonyl (C=O) groups excluding carboxylic acids is 1. The first kappa shape index (κ1) is 14.6. The summed E-state index contributed by atoms with van der Waals surface area (Å²) in [6.45, 7) is 1.48. The number of nitrogens with one attached hydrogen (secondary N) is 1. The Labute approximate surface area is 92.7 Å². The van der Waals surface area contributed by atoms with Gasteiger partial charge in [0.2, 0.25) is 0 Å². The van der Waals surface area contributed by atoms with E-state index in [-0.39, 0.29) is 35.7 Å². The van der Waals surface area contributed by atoms with E-state index in [0.29, 0.717) is 5.71 Å². The number of hydrazone groups is 1. The molecule has 0 saturated carbocycles. The van der Waals surface area contributed by atoms with Gasteiger partial charge in [-0.25, -0.2) is 10.2 Å². The van der Waals surface area contributed by atoms with E-state index < -0.39 is 14.1 Å². The molecular formula is C4H9N3NaO3P. The van der Waals surface area contributed by atoms with E-state index >= 15 is 0 Å². The van der Waals surface area contributed by atoms with Crippen LogP contribution in [0, 0.1) is 0 Å². The maximum absolute atomic E-state index is 10.1. The molecule has 0 aromatic rings. The normalized spacial score (nSPS) is 13.0. The van der Waals surface area contributed by atoms with Gasteiger partial charge in [0.25, 0.3) is 0 Å². The monoisotopic (exact) mass is 201 g/mol. The van der Waals surface area contributed by atoms with Gasteiger partial charge < -0.3 is 15.2 Å². The van der Waals surface area contributed by atoms with Gasteiger partial charge >= 0.3 is 35.6 Å². The van der Waals surface area contributed by atoms with Gasteiger partial charge in [0.05, 0.1) is 0 Å². The molecule has 0 aliphatic rings. The molecule has 0 fully saturated rings. The minimum atomic E-state index is -2.80. The van der Waals surface area contributed by atoms with Crippen LogP contribution in [0.1, 0.15) is 6.92 Å². The van der Waals surface area contributed by atoms with Crippen LogP contribution in [0.5, 0.6) is 0 Å². The van der Waals surface area contributed by atoms with E-state index in [9.17, 15) is 14.3 Å². The van der Waals surface area contributed by atoms with E-state index in [0.717, 1.165) is 0 Å². The molecule has 0 radical (unpaired) electrons. The molecule has 2 amide bonds. The number of carbonyl (C=O) groups is 1. The Bertz CT molecular complexity index is 208. The average Bonchev–Trinajstić information content (AvgIpc) is 1.82. The van der Waals surface area contributed by atoms with Crippen molar-refractivity contribution < 1.29 is 43.8 Å². The summed E-state index contributed by atoms with van der Waals surface area (Å²) in [5.74, 6) is 0. The van der Waals surface area contributed by atoms with E-state index in [4.69, 9.17) is 0 Å². The number of primary amides is 1. The van der Waals surface area contributed by atoms with Crippen molar-refractivity contribution in [1.82, 2.24) is 5.43 Å². The van der Waals surface area contributed by atoms with Crippen LogP contribution in [0.4, 0.5) is 4.79 Å². The third kappa shape index (κ3) is 10.1. The predicted molar refractivity (Wildman–Crippen MR) is 39.7 cm³/mol. The van der Waals surface area contributed by atoms with Crippen molar-refractivity contribution in [2.24, 2.45) is 10.8 Å². The number of hydrogen-bond donors (Lipinski definition) is 2. The van der Waals surface area contributed by atoms with Crippen LogP contribution < -0.4 is 45.6 Å². The smallest absolute Gasteiger partial charge is 0.801 e. The molecule has 12 heavy (non-hydrogen) atoms. The molecule has 0 rings (SSSR count). The van der Waals surface area contributed by atoms with E-state index in [1.165, 1.54) is 6.92 Å². The summed E-state index contributed by atoms with van der Waals surface area (Å²) in [6.07, 6.45) is -0.134. The number of amides is 2. The molecule has 0 aliphatic carbocycles. The molecule has 0 aliphatic heterocycles. The number of hydrogen-bond acceptors (Lipinski definition) is 4. The molecule has 6 nitrogen and oxygen atoms in total. The topological polar surface area (TPSA) is 108 Å². The second-order valence-electron chi connectivity index (χ2n) is 1.87. The van der Waals surface area contributed by atoms with Crippen LogP contribution in [0.25, 0.3) is 0 Å². The van der Waals surface area contributed by atoms with Gasteiger partial charge in [-0.1, -0.05) is 0 Å². The molecule has 0 aromatic heterocycles. The minimum Gasteiger partial charge on any atom is -0.801 e. The van der Waals surface area contributed by atoms with Crippen LogP contribution in [-0.2, 0) is 4.57 Å². The maximum Gasteiger partial charge on any atom is 1.00 e. The molecule has 64 valence electrons. The van der Waals surface area contributed by atoms with Crippen LogP contribution in [-0.4, -0.2) is 17.9 Å². The predicted octanol–water partition coefficient (Wildman–Crippen LogP) is -4.13. The van der Waals surface area contributed by atoms with Crippen molar-refractivity contribution in [1.29, 1.82) is 0 Å². The molecule has 8 heteroatoms. The van der Waals surface area contributed by atoms with Crippen molar-refractivity contribution in [2.75, 3.05) is 6.16 Å². The van der Waals surface area contributed by atoms with Gasteiger partial charge in [-0.3, -0.25) is 0 Å². The Hall–Kier alpha value is 0.130. The standard InChI is InChI=1S/C4H10N3O3P.Na/c1-3(2-11(9)10)6-7-4(5)8;/h11H,2H2,1H3,(H,9,10)(H3,5,7,8);/q;+1/p-1. The SMILES string of the molecule is CC(C[PH](=O)[O-])=NNC(N)=O.[Na+]. The van der Waals surface area contributed by atoms with E-state index in [1.54, 1.807) is 0 Å². The van der Waals surface area contributed by atoms with Crippen LogP contribution in [0.2, 0.25) is 0 Å². The van der Waals surface area contributed by atoms with Crippen molar-refractivity contribution >= 4 is 19.8 Å². The number of urea groups is 1. The third-order valence-corrected chi connectivity index (χ3v) is 1.56. The Morgan fingerprint density at radius 1 is 1.75 bits per heavy atom. The fraction of sp³-hybridized carbons (Fsp3) is 0.500. The minimum absolute atomic E-state index is 0. The summed E-state index contributed by atoms with van der Waals surface area (Å²) in [5, 5.41) is 3.38. The van der Waals surface area contributed by atoms with Gasteiger partial charge in [-0.2, -0.15) is 5.10 Å². The Balaban J connectivity index is 0. The van der Waals surface area contributed by atoms with Crippen molar-refractivity contribution in [3.63, 3.8) is 0 Å². The molecule has 0 spiro atoms. The Kier molecular flexibility index (Phi) is 9.47. The number of nitrogens with zero attached hydrogens (tertiary/aromatic N) is 1. The van der Waals surface area contributed by atoms with Crippen molar-refractivity contribution in [3.8, 4) is 0 Å². The van der Waals surface area contributed by atoms with Crippen molar-refractivity contribution in [3.05, 3.63) is 0 Å². The molecule has 0 aromatic carbocycles. The Morgan fingerprint density at radius 3 is 2.58 bits per heavy atom. The van der Waals surface area contributed by atoms with Gasteiger partial charge in [0.1, 0.15) is 0 Å². The third-order valence-electron chi connectivity index (χ3n) is 0.757. The first-order valence-corrected chi connectivity index (χ1v) is 4.33. The fourth-order valence-electron chi connectivity index (χ4n) is 0.399.